The molecule has 0 saturated heterocycles. The first-order valence-corrected chi connectivity index (χ1v) is 10.2. The van der Waals surface area contributed by atoms with Gasteiger partial charge < -0.3 is 14.5 Å². The number of fused-ring (bicyclic) bond motifs is 1. The van der Waals surface area contributed by atoms with Crippen LogP contribution in [-0.2, 0) is 6.42 Å². The topological polar surface area (TPSA) is 86.0 Å². The van der Waals surface area contributed by atoms with E-state index in [0.29, 0.717) is 10.7 Å². The van der Waals surface area contributed by atoms with Crippen LogP contribution in [-0.4, -0.2) is 27.0 Å². The monoisotopic (exact) mass is 413 g/mol. The summed E-state index contributed by atoms with van der Waals surface area (Å²) in [6.07, 6.45) is 7.16. The molecule has 0 aliphatic carbocycles. The van der Waals surface area contributed by atoms with E-state index >= 15 is 0 Å². The number of hydrogen-bond donors (Lipinski definition) is 1. The average Bonchev–Trinajstić information content (AvgIpc) is 3.30. The Morgan fingerprint density at radius 2 is 2.00 bits per heavy atom. The van der Waals surface area contributed by atoms with Crippen LogP contribution in [0.15, 0.2) is 35.0 Å². The minimum Gasteiger partial charge on any atom is -0.467 e. The largest absolute Gasteiger partial charge is 0.467 e. The summed E-state index contributed by atoms with van der Waals surface area (Å²) in [5, 5.41) is 3.15. The van der Waals surface area contributed by atoms with Crippen molar-refractivity contribution in [2.24, 2.45) is 0 Å². The van der Waals surface area contributed by atoms with Crippen LogP contribution in [0.4, 0.5) is 15.2 Å². The summed E-state index contributed by atoms with van der Waals surface area (Å²) in [5.41, 5.74) is 2.94. The van der Waals surface area contributed by atoms with Crippen LogP contribution < -0.4 is 10.1 Å². The van der Waals surface area contributed by atoms with Crippen LogP contribution in [0.2, 0.25) is 0 Å². The number of aryl methyl sites for hydroxylation is 1. The predicted molar refractivity (Wildman–Crippen MR) is 110 cm³/mol. The number of nitrogens with one attached hydrogen (secondary N) is 1. The highest BCUT2D eigenvalue weighted by molar-refractivity contribution is 7.14. The number of hydrogen-bond acceptors (Lipinski definition) is 8. The average molecular weight is 413 g/mol. The van der Waals surface area contributed by atoms with Gasteiger partial charge in [-0.1, -0.05) is 31.1 Å². The lowest BCUT2D eigenvalue weighted by Gasteiger charge is -2.01. The molecule has 0 saturated carbocycles. The van der Waals surface area contributed by atoms with Gasteiger partial charge in [0.25, 0.3) is 0 Å². The maximum atomic E-state index is 14.4. The van der Waals surface area contributed by atoms with Crippen molar-refractivity contribution in [3.63, 3.8) is 0 Å². The first-order valence-electron chi connectivity index (χ1n) is 9.35. The Morgan fingerprint density at radius 3 is 2.76 bits per heavy atom. The van der Waals surface area contributed by atoms with Crippen molar-refractivity contribution in [3.8, 4) is 17.3 Å². The molecule has 0 fully saturated rings. The van der Waals surface area contributed by atoms with E-state index < -0.39 is 5.13 Å². The number of rotatable bonds is 8. The molecule has 0 bridgehead atoms. The fraction of sp³-hybridized carbons (Fsp3) is 0.300. The van der Waals surface area contributed by atoms with Crippen LogP contribution in [0.5, 0.6) is 6.01 Å². The number of halogens is 1. The highest BCUT2D eigenvalue weighted by Gasteiger charge is 2.15. The molecule has 0 radical (unpaired) electrons. The van der Waals surface area contributed by atoms with Crippen LogP contribution >= 0.6 is 11.3 Å². The molecule has 1 N–H and O–H groups in total. The van der Waals surface area contributed by atoms with Gasteiger partial charge in [0.15, 0.2) is 16.6 Å². The molecule has 150 valence electrons. The molecule has 4 rings (SSSR count). The zero-order valence-electron chi connectivity index (χ0n) is 16.1. The van der Waals surface area contributed by atoms with Crippen LogP contribution in [0.3, 0.4) is 0 Å². The van der Waals surface area contributed by atoms with Gasteiger partial charge in [0, 0.05) is 30.1 Å². The molecule has 3 heterocycles. The lowest BCUT2D eigenvalue weighted by Crippen LogP contribution is -1.93. The van der Waals surface area contributed by atoms with E-state index in [1.165, 1.54) is 19.5 Å². The second-order valence-corrected chi connectivity index (χ2v) is 7.42. The third kappa shape index (κ3) is 4.34. The fourth-order valence-electron chi connectivity index (χ4n) is 2.89. The van der Waals surface area contributed by atoms with Gasteiger partial charge in [0.1, 0.15) is 11.2 Å². The van der Waals surface area contributed by atoms with Crippen molar-refractivity contribution in [2.45, 2.75) is 32.6 Å². The number of ether oxygens (including phenoxy) is 1. The van der Waals surface area contributed by atoms with E-state index in [4.69, 9.17) is 9.15 Å². The number of methoxy groups -OCH3 is 1. The Balaban J connectivity index is 1.52. The first kappa shape index (κ1) is 19.3. The molecule has 7 nitrogen and oxygen atoms in total. The molecule has 0 unspecified atom stereocenters. The Bertz CT molecular complexity index is 1110. The van der Waals surface area contributed by atoms with E-state index in [9.17, 15) is 4.39 Å². The SMILES string of the molecule is CCCCCc1nc2cc(Nc3nc(-c4cnc(OC)nc4)c(F)s3)ccc2o1. The molecule has 1 aromatic carbocycles. The number of oxazole rings is 1. The molecule has 0 aliphatic rings. The Morgan fingerprint density at radius 1 is 1.17 bits per heavy atom. The van der Waals surface area contributed by atoms with Crippen molar-refractivity contribution < 1.29 is 13.5 Å². The quantitative estimate of drug-likeness (QED) is 0.389. The van der Waals surface area contributed by atoms with Gasteiger partial charge in [-0.15, -0.1) is 0 Å². The lowest BCUT2D eigenvalue weighted by molar-refractivity contribution is 0.380. The first-order chi connectivity index (χ1) is 14.2. The van der Waals surface area contributed by atoms with Gasteiger partial charge in [0.2, 0.25) is 5.13 Å². The van der Waals surface area contributed by atoms with Gasteiger partial charge in [-0.3, -0.25) is 0 Å². The van der Waals surface area contributed by atoms with E-state index in [0.717, 1.165) is 59.7 Å². The Labute approximate surface area is 171 Å². The van der Waals surface area contributed by atoms with E-state index in [-0.39, 0.29) is 11.7 Å². The molecule has 29 heavy (non-hydrogen) atoms. The summed E-state index contributed by atoms with van der Waals surface area (Å²) in [6, 6.07) is 5.81. The van der Waals surface area contributed by atoms with Gasteiger partial charge in [-0.25, -0.2) is 19.9 Å². The predicted octanol–water partition coefficient (Wildman–Crippen LogP) is 5.37. The summed E-state index contributed by atoms with van der Waals surface area (Å²) < 4.78 is 25.1. The van der Waals surface area contributed by atoms with E-state index in [1.807, 2.05) is 18.2 Å². The molecule has 4 aromatic rings. The molecule has 9 heteroatoms. The van der Waals surface area contributed by atoms with Gasteiger partial charge in [-0.2, -0.15) is 4.39 Å². The van der Waals surface area contributed by atoms with Crippen LogP contribution in [0, 0.1) is 5.13 Å². The maximum Gasteiger partial charge on any atom is 0.316 e. The number of aromatic nitrogens is 4. The third-order valence-corrected chi connectivity index (χ3v) is 5.11. The number of benzene rings is 1. The molecule has 0 atom stereocenters. The summed E-state index contributed by atoms with van der Waals surface area (Å²) >= 11 is 0.919. The number of nitrogens with zero attached hydrogens (tertiary/aromatic N) is 4. The summed E-state index contributed by atoms with van der Waals surface area (Å²) in [4.78, 5) is 16.9. The number of anilines is 2. The molecule has 0 amide bonds. The molecular weight excluding hydrogens is 393 g/mol. The van der Waals surface area contributed by atoms with E-state index in [1.54, 1.807) is 0 Å². The molecular formula is C20H20FN5O2S. The normalized spacial score (nSPS) is 11.1. The zero-order chi connectivity index (χ0) is 20.2. The van der Waals surface area contributed by atoms with Crippen molar-refractivity contribution in [1.82, 2.24) is 19.9 Å². The smallest absolute Gasteiger partial charge is 0.316 e. The minimum atomic E-state index is -0.415. The van der Waals surface area contributed by atoms with Crippen molar-refractivity contribution in [2.75, 3.05) is 12.4 Å². The second kappa shape index (κ2) is 8.52. The molecule has 0 spiro atoms. The Hall–Kier alpha value is -3.07. The van der Waals surface area contributed by atoms with Gasteiger partial charge >= 0.3 is 6.01 Å². The number of thiazole rings is 1. The van der Waals surface area contributed by atoms with Crippen LogP contribution in [0.1, 0.15) is 32.1 Å². The maximum absolute atomic E-state index is 14.4. The van der Waals surface area contributed by atoms with Crippen molar-refractivity contribution in [3.05, 3.63) is 41.6 Å². The van der Waals surface area contributed by atoms with Crippen LogP contribution in [0.25, 0.3) is 22.4 Å². The minimum absolute atomic E-state index is 0.195. The highest BCUT2D eigenvalue weighted by Crippen LogP contribution is 2.31. The fourth-order valence-corrected chi connectivity index (χ4v) is 3.62. The third-order valence-electron chi connectivity index (χ3n) is 4.35. The second-order valence-electron chi connectivity index (χ2n) is 6.47. The summed E-state index contributed by atoms with van der Waals surface area (Å²) in [7, 11) is 1.47. The molecule has 3 aromatic heterocycles. The summed E-state index contributed by atoms with van der Waals surface area (Å²) in [6.45, 7) is 2.17. The standard InChI is InChI=1S/C20H20FN5O2S/c1-3-4-5-6-16-25-14-9-13(7-8-15(14)28-16)24-20-26-17(18(21)29-20)12-10-22-19(27-2)23-11-12/h7-11H,3-6H2,1-2H3,(H,24,26). The highest BCUT2D eigenvalue weighted by atomic mass is 32.1. The Kier molecular flexibility index (Phi) is 5.66. The van der Waals surface area contributed by atoms with Crippen molar-refractivity contribution >= 4 is 33.3 Å². The van der Waals surface area contributed by atoms with Gasteiger partial charge in [0.05, 0.1) is 7.11 Å². The number of unbranched alkanes of at least 4 members (excludes halogenated alkanes) is 2. The van der Waals surface area contributed by atoms with E-state index in [2.05, 4.69) is 32.2 Å². The van der Waals surface area contributed by atoms with Gasteiger partial charge in [-0.05, 0) is 24.6 Å². The zero-order valence-corrected chi connectivity index (χ0v) is 16.9. The van der Waals surface area contributed by atoms with Crippen molar-refractivity contribution in [1.29, 1.82) is 0 Å². The molecule has 0 aliphatic heterocycles. The summed E-state index contributed by atoms with van der Waals surface area (Å²) in [5.74, 6) is 0.743. The lowest BCUT2D eigenvalue weighted by atomic mass is 10.2.